The molecule has 0 aromatic carbocycles. The van der Waals surface area contributed by atoms with Gasteiger partial charge in [0.2, 0.25) is 0 Å². The van der Waals surface area contributed by atoms with E-state index in [-0.39, 0.29) is 0 Å². The number of nitrogens with one attached hydrogen (secondary N) is 1. The number of rotatable bonds is 7. The Morgan fingerprint density at radius 1 is 1.38 bits per heavy atom. The summed E-state index contributed by atoms with van der Waals surface area (Å²) in [7, 11) is 0. The van der Waals surface area contributed by atoms with Gasteiger partial charge in [0.25, 0.3) is 0 Å². The summed E-state index contributed by atoms with van der Waals surface area (Å²) in [6.45, 7) is 7.78. The fourth-order valence-electron chi connectivity index (χ4n) is 1.65. The van der Waals surface area contributed by atoms with Crippen molar-refractivity contribution in [2.75, 3.05) is 13.2 Å². The third-order valence-corrected chi connectivity index (χ3v) is 4.01. The molecule has 1 rings (SSSR count). The van der Waals surface area contributed by atoms with Crippen molar-refractivity contribution < 1.29 is 5.11 Å². The lowest BCUT2D eigenvalue weighted by molar-refractivity contribution is 0.227. The van der Waals surface area contributed by atoms with E-state index in [1.807, 2.05) is 11.3 Å². The molecule has 0 saturated heterocycles. The van der Waals surface area contributed by atoms with Crippen molar-refractivity contribution in [3.63, 3.8) is 0 Å². The molecule has 0 aliphatic carbocycles. The highest BCUT2D eigenvalue weighted by molar-refractivity contribution is 7.12. The van der Waals surface area contributed by atoms with Crippen LogP contribution in [0.5, 0.6) is 0 Å². The molecule has 2 nitrogen and oxygen atoms in total. The largest absolute Gasteiger partial charge is 0.396 e. The summed E-state index contributed by atoms with van der Waals surface area (Å²) in [6.07, 6.45) is 2.23. The van der Waals surface area contributed by atoms with Gasteiger partial charge in [-0.1, -0.05) is 6.92 Å². The normalized spacial score (nSPS) is 15.0. The monoisotopic (exact) mass is 241 g/mol. The SMILES string of the molecule is Cc1ccc(C(C)NCCCC(C)CO)s1. The summed E-state index contributed by atoms with van der Waals surface area (Å²) in [5, 5.41) is 12.4. The summed E-state index contributed by atoms with van der Waals surface area (Å²) in [4.78, 5) is 2.78. The molecule has 0 radical (unpaired) electrons. The van der Waals surface area contributed by atoms with Crippen LogP contribution in [0.25, 0.3) is 0 Å². The quantitative estimate of drug-likeness (QED) is 0.719. The first-order valence-corrected chi connectivity index (χ1v) is 6.85. The minimum atomic E-state index is 0.305. The fourth-order valence-corrected chi connectivity index (χ4v) is 2.55. The van der Waals surface area contributed by atoms with Gasteiger partial charge in [0, 0.05) is 22.4 Å². The van der Waals surface area contributed by atoms with E-state index < -0.39 is 0 Å². The van der Waals surface area contributed by atoms with Gasteiger partial charge in [-0.3, -0.25) is 0 Å². The molecule has 16 heavy (non-hydrogen) atoms. The maximum Gasteiger partial charge on any atom is 0.0456 e. The molecule has 0 aliphatic heterocycles. The molecular formula is C13H23NOS. The van der Waals surface area contributed by atoms with Gasteiger partial charge in [-0.2, -0.15) is 0 Å². The van der Waals surface area contributed by atoms with E-state index in [2.05, 4.69) is 38.2 Å². The first kappa shape index (κ1) is 13.7. The van der Waals surface area contributed by atoms with Crippen LogP contribution in [0.3, 0.4) is 0 Å². The maximum absolute atomic E-state index is 8.91. The smallest absolute Gasteiger partial charge is 0.0456 e. The lowest BCUT2D eigenvalue weighted by Gasteiger charge is -2.13. The number of hydrogen-bond donors (Lipinski definition) is 2. The Balaban J connectivity index is 2.18. The zero-order chi connectivity index (χ0) is 12.0. The predicted molar refractivity (Wildman–Crippen MR) is 71.0 cm³/mol. The highest BCUT2D eigenvalue weighted by atomic mass is 32.1. The second-order valence-electron chi connectivity index (χ2n) is 4.55. The van der Waals surface area contributed by atoms with E-state index in [1.54, 1.807) is 0 Å². The van der Waals surface area contributed by atoms with E-state index in [0.29, 0.717) is 18.6 Å². The standard InChI is InChI=1S/C13H23NOS/c1-10(9-15)5-4-8-14-12(3)13-7-6-11(2)16-13/h6-7,10,12,14-15H,4-5,8-9H2,1-3H3. The van der Waals surface area contributed by atoms with Crippen LogP contribution in [0.4, 0.5) is 0 Å². The zero-order valence-corrected chi connectivity index (χ0v) is 11.3. The molecule has 1 heterocycles. The molecule has 92 valence electrons. The van der Waals surface area contributed by atoms with Gasteiger partial charge in [-0.05, 0) is 51.3 Å². The molecule has 0 saturated carbocycles. The van der Waals surface area contributed by atoms with E-state index in [9.17, 15) is 0 Å². The molecule has 3 heteroatoms. The zero-order valence-electron chi connectivity index (χ0n) is 10.5. The molecule has 2 atom stereocenters. The first-order chi connectivity index (χ1) is 7.63. The summed E-state index contributed by atoms with van der Waals surface area (Å²) in [5.41, 5.74) is 0. The van der Waals surface area contributed by atoms with Crippen LogP contribution in [0.2, 0.25) is 0 Å². The molecule has 0 amide bonds. The second kappa shape index (κ2) is 7.05. The van der Waals surface area contributed by atoms with Gasteiger partial charge >= 0.3 is 0 Å². The van der Waals surface area contributed by atoms with Crippen molar-refractivity contribution in [1.29, 1.82) is 0 Å². The van der Waals surface area contributed by atoms with E-state index in [4.69, 9.17) is 5.11 Å². The maximum atomic E-state index is 8.91. The highest BCUT2D eigenvalue weighted by Gasteiger charge is 2.06. The predicted octanol–water partition coefficient (Wildman–Crippen LogP) is 3.12. The Kier molecular flexibility index (Phi) is 6.03. The fraction of sp³-hybridized carbons (Fsp3) is 0.692. The van der Waals surface area contributed by atoms with Crippen molar-refractivity contribution in [1.82, 2.24) is 5.32 Å². The van der Waals surface area contributed by atoms with Crippen LogP contribution < -0.4 is 5.32 Å². The lowest BCUT2D eigenvalue weighted by atomic mass is 10.1. The van der Waals surface area contributed by atoms with Crippen LogP contribution in [0, 0.1) is 12.8 Å². The minimum absolute atomic E-state index is 0.305. The highest BCUT2D eigenvalue weighted by Crippen LogP contribution is 2.22. The van der Waals surface area contributed by atoms with Crippen molar-refractivity contribution in [3.8, 4) is 0 Å². The van der Waals surface area contributed by atoms with E-state index in [0.717, 1.165) is 19.4 Å². The third kappa shape index (κ3) is 4.64. The molecule has 1 aromatic rings. The van der Waals surface area contributed by atoms with Crippen molar-refractivity contribution in [3.05, 3.63) is 21.9 Å². The third-order valence-electron chi connectivity index (χ3n) is 2.82. The van der Waals surface area contributed by atoms with Crippen molar-refractivity contribution >= 4 is 11.3 Å². The summed E-state index contributed by atoms with van der Waals surface area (Å²) >= 11 is 1.86. The summed E-state index contributed by atoms with van der Waals surface area (Å²) < 4.78 is 0. The molecule has 0 fully saturated rings. The summed E-state index contributed by atoms with van der Waals surface area (Å²) in [6, 6.07) is 4.82. The Labute approximate surface area is 103 Å². The Bertz CT molecular complexity index is 298. The second-order valence-corrected chi connectivity index (χ2v) is 5.87. The average Bonchev–Trinajstić information content (AvgIpc) is 2.70. The molecule has 0 spiro atoms. The lowest BCUT2D eigenvalue weighted by Crippen LogP contribution is -2.19. The van der Waals surface area contributed by atoms with Crippen molar-refractivity contribution in [2.45, 2.75) is 39.7 Å². The number of aliphatic hydroxyl groups excluding tert-OH is 1. The van der Waals surface area contributed by atoms with Crippen LogP contribution >= 0.6 is 11.3 Å². The van der Waals surface area contributed by atoms with Gasteiger partial charge in [0.05, 0.1) is 0 Å². The summed E-state index contributed by atoms with van der Waals surface area (Å²) in [5.74, 6) is 0.432. The van der Waals surface area contributed by atoms with Gasteiger partial charge in [0.1, 0.15) is 0 Å². The molecule has 0 aliphatic rings. The Hall–Kier alpha value is -0.380. The molecule has 2 N–H and O–H groups in total. The van der Waals surface area contributed by atoms with Crippen LogP contribution in [-0.2, 0) is 0 Å². The van der Waals surface area contributed by atoms with Gasteiger partial charge in [-0.15, -0.1) is 11.3 Å². The first-order valence-electron chi connectivity index (χ1n) is 6.04. The van der Waals surface area contributed by atoms with Crippen LogP contribution in [0.1, 0.15) is 42.5 Å². The topological polar surface area (TPSA) is 32.3 Å². The van der Waals surface area contributed by atoms with Gasteiger partial charge in [0.15, 0.2) is 0 Å². The van der Waals surface area contributed by atoms with Crippen LogP contribution in [0.15, 0.2) is 12.1 Å². The van der Waals surface area contributed by atoms with Gasteiger partial charge < -0.3 is 10.4 Å². The number of hydrogen-bond acceptors (Lipinski definition) is 3. The molecule has 2 unspecified atom stereocenters. The number of thiophene rings is 1. The Morgan fingerprint density at radius 2 is 2.12 bits per heavy atom. The minimum Gasteiger partial charge on any atom is -0.396 e. The molecule has 0 bridgehead atoms. The Morgan fingerprint density at radius 3 is 2.69 bits per heavy atom. The molecular weight excluding hydrogens is 218 g/mol. The number of aryl methyl sites for hydroxylation is 1. The van der Waals surface area contributed by atoms with E-state index >= 15 is 0 Å². The number of aliphatic hydroxyl groups is 1. The molecule has 1 aromatic heterocycles. The van der Waals surface area contributed by atoms with Gasteiger partial charge in [-0.25, -0.2) is 0 Å². The van der Waals surface area contributed by atoms with E-state index in [1.165, 1.54) is 9.75 Å². The van der Waals surface area contributed by atoms with Crippen LogP contribution in [-0.4, -0.2) is 18.3 Å². The van der Waals surface area contributed by atoms with Crippen molar-refractivity contribution in [2.24, 2.45) is 5.92 Å². The average molecular weight is 241 g/mol.